The Morgan fingerprint density at radius 3 is 2.83 bits per heavy atom. The highest BCUT2D eigenvalue weighted by molar-refractivity contribution is 6.35. The predicted molar refractivity (Wildman–Crippen MR) is 68.3 cm³/mol. The van der Waals surface area contributed by atoms with E-state index in [0.717, 1.165) is 18.5 Å². The second-order valence-electron chi connectivity index (χ2n) is 4.58. The quantitative estimate of drug-likeness (QED) is 0.855. The van der Waals surface area contributed by atoms with Gasteiger partial charge in [0.2, 0.25) is 5.95 Å². The number of nitrogens with zero attached hydrogens (tertiary/aromatic N) is 4. The van der Waals surface area contributed by atoms with Crippen molar-refractivity contribution >= 4 is 23.1 Å². The second kappa shape index (κ2) is 4.14. The molecule has 2 aromatic heterocycles. The van der Waals surface area contributed by atoms with Gasteiger partial charge in [-0.1, -0.05) is 24.4 Å². The topological polar surface area (TPSA) is 80.0 Å². The molecule has 0 saturated heterocycles. The largest absolute Gasteiger partial charge is 0.367 e. The third kappa shape index (κ3) is 1.53. The van der Waals surface area contributed by atoms with Gasteiger partial charge in [-0.05, 0) is 12.8 Å². The van der Waals surface area contributed by atoms with Crippen LogP contribution in [0.5, 0.6) is 0 Å². The van der Waals surface area contributed by atoms with Gasteiger partial charge in [0.1, 0.15) is 11.6 Å². The number of nitriles is 1. The number of halogens is 1. The first kappa shape index (κ1) is 11.3. The number of aromatic nitrogens is 3. The molecular weight excluding hydrogens is 250 g/mol. The summed E-state index contributed by atoms with van der Waals surface area (Å²) in [6, 6.07) is 2.19. The Hall–Kier alpha value is -1.80. The van der Waals surface area contributed by atoms with Gasteiger partial charge in [0.05, 0.1) is 22.5 Å². The molecule has 2 aromatic rings. The summed E-state index contributed by atoms with van der Waals surface area (Å²) in [5.41, 5.74) is 7.69. The fraction of sp³-hybridized carbons (Fsp3) is 0.417. The SMILES string of the molecule is N#Cc1c(Cl)c2cnc(N)nn2c1C1CCCC1. The van der Waals surface area contributed by atoms with E-state index in [1.54, 1.807) is 10.7 Å². The molecule has 92 valence electrons. The third-order valence-corrected chi connectivity index (χ3v) is 3.91. The normalized spacial score (nSPS) is 16.2. The van der Waals surface area contributed by atoms with Crippen molar-refractivity contribution in [3.8, 4) is 6.07 Å². The van der Waals surface area contributed by atoms with Crippen LogP contribution in [0.15, 0.2) is 6.20 Å². The van der Waals surface area contributed by atoms with Gasteiger partial charge in [0.25, 0.3) is 0 Å². The van der Waals surface area contributed by atoms with E-state index in [0.29, 0.717) is 22.0 Å². The van der Waals surface area contributed by atoms with Crippen molar-refractivity contribution in [2.45, 2.75) is 31.6 Å². The van der Waals surface area contributed by atoms with E-state index in [-0.39, 0.29) is 5.95 Å². The summed E-state index contributed by atoms with van der Waals surface area (Å²) in [6.45, 7) is 0. The standard InChI is InChI=1S/C12H12ClN5/c13-10-8(5-14)11(7-3-1-2-4-7)18-9(10)6-16-12(15)17-18/h6-7H,1-4H2,(H2,15,17). The van der Waals surface area contributed by atoms with Crippen LogP contribution in [-0.2, 0) is 0 Å². The molecule has 0 amide bonds. The van der Waals surface area contributed by atoms with Crippen molar-refractivity contribution in [1.29, 1.82) is 5.26 Å². The number of anilines is 1. The highest BCUT2D eigenvalue weighted by atomic mass is 35.5. The molecule has 18 heavy (non-hydrogen) atoms. The van der Waals surface area contributed by atoms with E-state index in [4.69, 9.17) is 17.3 Å². The van der Waals surface area contributed by atoms with Gasteiger partial charge in [0.15, 0.2) is 0 Å². The minimum Gasteiger partial charge on any atom is -0.367 e. The molecule has 0 unspecified atom stereocenters. The minimum absolute atomic E-state index is 0.193. The lowest BCUT2D eigenvalue weighted by atomic mass is 10.0. The molecule has 1 aliphatic rings. The maximum Gasteiger partial charge on any atom is 0.238 e. The molecule has 0 atom stereocenters. The Labute approximate surface area is 109 Å². The van der Waals surface area contributed by atoms with Gasteiger partial charge >= 0.3 is 0 Å². The summed E-state index contributed by atoms with van der Waals surface area (Å²) in [5, 5.41) is 13.9. The number of hydrogen-bond acceptors (Lipinski definition) is 4. The van der Waals surface area contributed by atoms with Gasteiger partial charge in [-0.2, -0.15) is 5.26 Å². The van der Waals surface area contributed by atoms with Gasteiger partial charge in [-0.15, -0.1) is 5.10 Å². The molecule has 1 fully saturated rings. The number of nitrogen functional groups attached to an aromatic ring is 1. The summed E-state index contributed by atoms with van der Waals surface area (Å²) >= 11 is 6.23. The van der Waals surface area contributed by atoms with Crippen molar-refractivity contribution in [2.75, 3.05) is 5.73 Å². The van der Waals surface area contributed by atoms with Crippen molar-refractivity contribution < 1.29 is 0 Å². The average Bonchev–Trinajstić information content (AvgIpc) is 2.95. The van der Waals surface area contributed by atoms with E-state index in [2.05, 4.69) is 16.2 Å². The fourth-order valence-electron chi connectivity index (χ4n) is 2.73. The maximum absolute atomic E-state index is 9.30. The van der Waals surface area contributed by atoms with Crippen LogP contribution >= 0.6 is 11.6 Å². The molecule has 1 aliphatic carbocycles. The van der Waals surface area contributed by atoms with Gasteiger partial charge in [0, 0.05) is 5.92 Å². The van der Waals surface area contributed by atoms with Crippen molar-refractivity contribution in [3.63, 3.8) is 0 Å². The maximum atomic E-state index is 9.30. The summed E-state index contributed by atoms with van der Waals surface area (Å²) < 4.78 is 1.69. The van der Waals surface area contributed by atoms with Crippen LogP contribution in [0, 0.1) is 11.3 Å². The average molecular weight is 262 g/mol. The summed E-state index contributed by atoms with van der Waals surface area (Å²) in [4.78, 5) is 3.94. The Morgan fingerprint density at radius 1 is 1.44 bits per heavy atom. The summed E-state index contributed by atoms with van der Waals surface area (Å²) in [6.07, 6.45) is 6.08. The molecule has 1 saturated carbocycles. The van der Waals surface area contributed by atoms with E-state index in [1.165, 1.54) is 12.8 Å². The van der Waals surface area contributed by atoms with Crippen molar-refractivity contribution in [2.24, 2.45) is 0 Å². The zero-order chi connectivity index (χ0) is 12.7. The molecule has 6 heteroatoms. The van der Waals surface area contributed by atoms with Crippen LogP contribution in [0.2, 0.25) is 5.02 Å². The predicted octanol–water partition coefficient (Wildman–Crippen LogP) is 2.49. The highest BCUT2D eigenvalue weighted by Crippen LogP contribution is 2.39. The Morgan fingerprint density at radius 2 is 2.17 bits per heavy atom. The van der Waals surface area contributed by atoms with Crippen LogP contribution in [0.4, 0.5) is 5.95 Å². The molecule has 3 rings (SSSR count). The first-order chi connectivity index (χ1) is 8.72. The summed E-state index contributed by atoms with van der Waals surface area (Å²) in [5.74, 6) is 0.534. The number of nitrogens with two attached hydrogens (primary N) is 1. The lowest BCUT2D eigenvalue weighted by molar-refractivity contribution is 0.664. The molecule has 2 heterocycles. The Kier molecular flexibility index (Phi) is 2.60. The van der Waals surface area contributed by atoms with Gasteiger partial charge < -0.3 is 5.73 Å². The molecule has 0 aromatic carbocycles. The van der Waals surface area contributed by atoms with Crippen LogP contribution < -0.4 is 5.73 Å². The summed E-state index contributed by atoms with van der Waals surface area (Å²) in [7, 11) is 0. The monoisotopic (exact) mass is 261 g/mol. The van der Waals surface area contributed by atoms with E-state index >= 15 is 0 Å². The molecule has 2 N–H and O–H groups in total. The fourth-order valence-corrected chi connectivity index (χ4v) is 2.99. The lowest BCUT2D eigenvalue weighted by Gasteiger charge is -2.09. The molecule has 0 spiro atoms. The molecule has 0 aliphatic heterocycles. The second-order valence-corrected chi connectivity index (χ2v) is 4.96. The number of fused-ring (bicyclic) bond motifs is 1. The first-order valence-corrected chi connectivity index (χ1v) is 6.33. The van der Waals surface area contributed by atoms with Crippen LogP contribution in [-0.4, -0.2) is 14.6 Å². The zero-order valence-corrected chi connectivity index (χ0v) is 10.5. The van der Waals surface area contributed by atoms with Crippen LogP contribution in [0.25, 0.3) is 5.52 Å². The van der Waals surface area contributed by atoms with Gasteiger partial charge in [-0.25, -0.2) is 9.50 Å². The van der Waals surface area contributed by atoms with Crippen LogP contribution in [0.1, 0.15) is 42.9 Å². The number of hydrogen-bond donors (Lipinski definition) is 1. The minimum atomic E-state index is 0.193. The van der Waals surface area contributed by atoms with E-state index < -0.39 is 0 Å². The molecule has 0 bridgehead atoms. The zero-order valence-electron chi connectivity index (χ0n) is 9.73. The smallest absolute Gasteiger partial charge is 0.238 e. The van der Waals surface area contributed by atoms with Crippen LogP contribution in [0.3, 0.4) is 0 Å². The van der Waals surface area contributed by atoms with Crippen molar-refractivity contribution in [1.82, 2.24) is 14.6 Å². The van der Waals surface area contributed by atoms with E-state index in [1.807, 2.05) is 0 Å². The lowest BCUT2D eigenvalue weighted by Crippen LogP contribution is -2.06. The number of rotatable bonds is 1. The Bertz CT molecular complexity index is 649. The van der Waals surface area contributed by atoms with E-state index in [9.17, 15) is 5.26 Å². The third-order valence-electron chi connectivity index (χ3n) is 3.53. The molecular formula is C12H12ClN5. The highest BCUT2D eigenvalue weighted by Gasteiger charge is 2.27. The Balaban J connectivity index is 2.32. The molecule has 5 nitrogen and oxygen atoms in total. The first-order valence-electron chi connectivity index (χ1n) is 5.95. The van der Waals surface area contributed by atoms with Crippen molar-refractivity contribution in [3.05, 3.63) is 22.5 Å². The van der Waals surface area contributed by atoms with Gasteiger partial charge in [-0.3, -0.25) is 0 Å². The molecule has 0 radical (unpaired) electrons.